The van der Waals surface area contributed by atoms with Crippen molar-refractivity contribution >= 4 is 16.9 Å². The van der Waals surface area contributed by atoms with Crippen LogP contribution in [0.25, 0.3) is 10.9 Å². The zero-order valence-corrected chi connectivity index (χ0v) is 9.45. The van der Waals surface area contributed by atoms with Crippen molar-refractivity contribution in [3.63, 3.8) is 0 Å². The molecule has 1 unspecified atom stereocenters. The van der Waals surface area contributed by atoms with Gasteiger partial charge in [0.2, 0.25) is 0 Å². The standard InChI is InChI=1S/C12H12FNO3/c1-6-3-7-4-9(13)8(5-10(7)14-6)11(15)12(16)17-2/h3-5,11,14-15H,1-2H3. The smallest absolute Gasteiger partial charge is 0.339 e. The van der Waals surface area contributed by atoms with Crippen molar-refractivity contribution in [2.75, 3.05) is 7.11 Å². The van der Waals surface area contributed by atoms with Crippen LogP contribution in [0.15, 0.2) is 18.2 Å². The van der Waals surface area contributed by atoms with Gasteiger partial charge in [-0.1, -0.05) is 0 Å². The summed E-state index contributed by atoms with van der Waals surface area (Å²) in [4.78, 5) is 14.2. The number of aliphatic hydroxyl groups is 1. The molecule has 5 heteroatoms. The molecule has 0 aliphatic rings. The molecule has 0 radical (unpaired) electrons. The van der Waals surface area contributed by atoms with Gasteiger partial charge in [-0.05, 0) is 25.1 Å². The maximum atomic E-state index is 13.7. The second kappa shape index (κ2) is 4.18. The summed E-state index contributed by atoms with van der Waals surface area (Å²) in [6.45, 7) is 1.84. The number of aryl methyl sites for hydroxylation is 1. The van der Waals surface area contributed by atoms with Crippen molar-refractivity contribution < 1.29 is 19.0 Å². The highest BCUT2D eigenvalue weighted by molar-refractivity contribution is 5.84. The Bertz CT molecular complexity index is 576. The minimum atomic E-state index is -1.60. The minimum absolute atomic E-state index is 0.0915. The Labute approximate surface area is 97.0 Å². The summed E-state index contributed by atoms with van der Waals surface area (Å²) in [5, 5.41) is 10.3. The van der Waals surface area contributed by atoms with E-state index in [2.05, 4.69) is 9.72 Å². The van der Waals surface area contributed by atoms with Gasteiger partial charge in [-0.2, -0.15) is 0 Å². The summed E-state index contributed by atoms with van der Waals surface area (Å²) < 4.78 is 18.1. The monoisotopic (exact) mass is 237 g/mol. The van der Waals surface area contributed by atoms with E-state index in [0.717, 1.165) is 12.8 Å². The van der Waals surface area contributed by atoms with Crippen molar-refractivity contribution in [3.05, 3.63) is 35.3 Å². The van der Waals surface area contributed by atoms with E-state index < -0.39 is 17.9 Å². The fraction of sp³-hybridized carbons (Fsp3) is 0.250. The first-order chi connectivity index (χ1) is 8.02. The van der Waals surface area contributed by atoms with Crippen LogP contribution >= 0.6 is 0 Å². The Kier molecular flexibility index (Phi) is 2.85. The molecular weight excluding hydrogens is 225 g/mol. The highest BCUT2D eigenvalue weighted by atomic mass is 19.1. The lowest BCUT2D eigenvalue weighted by Gasteiger charge is -2.09. The van der Waals surface area contributed by atoms with Crippen LogP contribution in [-0.4, -0.2) is 23.2 Å². The first kappa shape index (κ1) is 11.6. The molecule has 0 aliphatic heterocycles. The van der Waals surface area contributed by atoms with Crippen LogP contribution in [0.5, 0.6) is 0 Å². The second-order valence-electron chi connectivity index (χ2n) is 3.84. The average Bonchev–Trinajstić information content (AvgIpc) is 2.65. The van der Waals surface area contributed by atoms with E-state index in [0.29, 0.717) is 10.9 Å². The van der Waals surface area contributed by atoms with E-state index in [1.807, 2.05) is 6.92 Å². The first-order valence-electron chi connectivity index (χ1n) is 5.07. The molecule has 0 bridgehead atoms. The van der Waals surface area contributed by atoms with Gasteiger partial charge in [0.05, 0.1) is 7.11 Å². The van der Waals surface area contributed by atoms with Crippen LogP contribution in [-0.2, 0) is 9.53 Å². The number of hydrogen-bond acceptors (Lipinski definition) is 3. The van der Waals surface area contributed by atoms with Crippen LogP contribution in [0.4, 0.5) is 4.39 Å². The summed E-state index contributed by atoms with van der Waals surface area (Å²) in [5.74, 6) is -1.51. The molecule has 0 aliphatic carbocycles. The Morgan fingerprint density at radius 3 is 2.82 bits per heavy atom. The van der Waals surface area contributed by atoms with E-state index >= 15 is 0 Å². The third kappa shape index (κ3) is 2.01. The molecule has 1 heterocycles. The lowest BCUT2D eigenvalue weighted by Crippen LogP contribution is -2.14. The van der Waals surface area contributed by atoms with Gasteiger partial charge >= 0.3 is 5.97 Å². The van der Waals surface area contributed by atoms with Crippen molar-refractivity contribution in [2.45, 2.75) is 13.0 Å². The molecule has 0 amide bonds. The van der Waals surface area contributed by atoms with Gasteiger partial charge in [0.15, 0.2) is 6.10 Å². The summed E-state index contributed by atoms with van der Waals surface area (Å²) in [7, 11) is 1.14. The lowest BCUT2D eigenvalue weighted by atomic mass is 10.1. The Hall–Kier alpha value is -1.88. The third-order valence-corrected chi connectivity index (χ3v) is 2.59. The zero-order valence-electron chi connectivity index (χ0n) is 9.45. The number of benzene rings is 1. The molecule has 90 valence electrons. The molecule has 0 saturated heterocycles. The number of methoxy groups -OCH3 is 1. The Balaban J connectivity index is 2.53. The van der Waals surface area contributed by atoms with Crippen molar-refractivity contribution in [2.24, 2.45) is 0 Å². The molecule has 4 nitrogen and oxygen atoms in total. The fourth-order valence-electron chi connectivity index (χ4n) is 1.76. The van der Waals surface area contributed by atoms with E-state index in [4.69, 9.17) is 0 Å². The first-order valence-corrected chi connectivity index (χ1v) is 5.07. The average molecular weight is 237 g/mol. The molecule has 2 N–H and O–H groups in total. The topological polar surface area (TPSA) is 62.3 Å². The SMILES string of the molecule is COC(=O)C(O)c1cc2[nH]c(C)cc2cc1F. The predicted molar refractivity (Wildman–Crippen MR) is 60.0 cm³/mol. The fourth-order valence-corrected chi connectivity index (χ4v) is 1.76. The van der Waals surface area contributed by atoms with Crippen LogP contribution in [0.3, 0.4) is 0 Å². The van der Waals surface area contributed by atoms with Crippen molar-refractivity contribution in [3.8, 4) is 0 Å². The van der Waals surface area contributed by atoms with Gasteiger partial charge in [0, 0.05) is 22.2 Å². The number of hydrogen-bond donors (Lipinski definition) is 2. The number of esters is 1. The molecule has 0 spiro atoms. The molecule has 1 aromatic heterocycles. The molecule has 1 atom stereocenters. The number of H-pyrrole nitrogens is 1. The summed E-state index contributed by atoms with van der Waals surface area (Å²) in [6.07, 6.45) is -1.60. The van der Waals surface area contributed by atoms with Crippen LogP contribution in [0.2, 0.25) is 0 Å². The number of aliphatic hydroxyl groups excluding tert-OH is 1. The van der Waals surface area contributed by atoms with Crippen molar-refractivity contribution in [1.82, 2.24) is 4.98 Å². The molecule has 2 aromatic rings. The summed E-state index contributed by atoms with van der Waals surface area (Å²) >= 11 is 0. The quantitative estimate of drug-likeness (QED) is 0.783. The third-order valence-electron chi connectivity index (χ3n) is 2.59. The Morgan fingerprint density at radius 2 is 2.18 bits per heavy atom. The van der Waals surface area contributed by atoms with Gasteiger partial charge in [-0.3, -0.25) is 0 Å². The van der Waals surface area contributed by atoms with E-state index in [-0.39, 0.29) is 5.56 Å². The molecule has 17 heavy (non-hydrogen) atoms. The predicted octanol–water partition coefficient (Wildman–Crippen LogP) is 1.82. The van der Waals surface area contributed by atoms with Crippen LogP contribution < -0.4 is 0 Å². The minimum Gasteiger partial charge on any atom is -0.467 e. The summed E-state index contributed by atoms with van der Waals surface area (Å²) in [6, 6.07) is 4.48. The highest BCUT2D eigenvalue weighted by Gasteiger charge is 2.22. The number of fused-ring (bicyclic) bond motifs is 1. The maximum Gasteiger partial charge on any atom is 0.339 e. The summed E-state index contributed by atoms with van der Waals surface area (Å²) in [5.41, 5.74) is 1.46. The lowest BCUT2D eigenvalue weighted by molar-refractivity contribution is -0.150. The maximum absolute atomic E-state index is 13.7. The number of aromatic amines is 1. The van der Waals surface area contributed by atoms with Gasteiger partial charge in [-0.25, -0.2) is 9.18 Å². The normalized spacial score (nSPS) is 12.7. The van der Waals surface area contributed by atoms with Gasteiger partial charge in [0.25, 0.3) is 0 Å². The zero-order chi connectivity index (χ0) is 12.6. The molecular formula is C12H12FNO3. The van der Waals surface area contributed by atoms with E-state index in [1.165, 1.54) is 12.1 Å². The number of carbonyl (C=O) groups is 1. The number of nitrogens with one attached hydrogen (secondary N) is 1. The number of carbonyl (C=O) groups excluding carboxylic acids is 1. The number of rotatable bonds is 2. The molecule has 0 fully saturated rings. The van der Waals surface area contributed by atoms with Gasteiger partial charge in [0.1, 0.15) is 5.82 Å². The molecule has 1 aromatic carbocycles. The van der Waals surface area contributed by atoms with Crippen molar-refractivity contribution in [1.29, 1.82) is 0 Å². The van der Waals surface area contributed by atoms with Crippen LogP contribution in [0, 0.1) is 12.7 Å². The second-order valence-corrected chi connectivity index (χ2v) is 3.84. The van der Waals surface area contributed by atoms with Crippen LogP contribution in [0.1, 0.15) is 17.4 Å². The molecule has 2 rings (SSSR count). The van der Waals surface area contributed by atoms with Gasteiger partial charge < -0.3 is 14.8 Å². The highest BCUT2D eigenvalue weighted by Crippen LogP contribution is 2.24. The van der Waals surface area contributed by atoms with Gasteiger partial charge in [-0.15, -0.1) is 0 Å². The number of ether oxygens (including phenoxy) is 1. The number of aromatic nitrogens is 1. The van der Waals surface area contributed by atoms with E-state index in [1.54, 1.807) is 6.07 Å². The molecule has 0 saturated carbocycles. The largest absolute Gasteiger partial charge is 0.467 e. The van der Waals surface area contributed by atoms with E-state index in [9.17, 15) is 14.3 Å². The number of halogens is 1. The Morgan fingerprint density at radius 1 is 1.47 bits per heavy atom.